The molecule has 1 aliphatic heterocycles. The number of hydrogen-bond acceptors (Lipinski definition) is 6. The molecule has 0 aliphatic carbocycles. The summed E-state index contributed by atoms with van der Waals surface area (Å²) in [5.41, 5.74) is 2.05. The van der Waals surface area contributed by atoms with Crippen LogP contribution in [0.1, 0.15) is 23.6 Å². The summed E-state index contributed by atoms with van der Waals surface area (Å²) in [5, 5.41) is 2.16. The number of hydrogen-bond donors (Lipinski definition) is 1. The molecule has 4 rings (SSSR count). The minimum Gasteiger partial charge on any atom is -0.378 e. The van der Waals surface area contributed by atoms with Gasteiger partial charge in [0, 0.05) is 5.56 Å². The smallest absolute Gasteiger partial charge is 0.339 e. The van der Waals surface area contributed by atoms with E-state index < -0.39 is 28.0 Å². The van der Waals surface area contributed by atoms with E-state index >= 15 is 0 Å². The first-order valence-corrected chi connectivity index (χ1v) is 12.2. The van der Waals surface area contributed by atoms with Crippen molar-refractivity contribution in [1.29, 1.82) is 0 Å². The van der Waals surface area contributed by atoms with Gasteiger partial charge in [-0.15, -0.1) is 0 Å². The highest BCUT2D eigenvalue weighted by molar-refractivity contribution is 7.87. The normalized spacial score (nSPS) is 15.3. The maximum atomic E-state index is 13.2. The van der Waals surface area contributed by atoms with E-state index in [9.17, 15) is 22.8 Å². The van der Waals surface area contributed by atoms with Crippen LogP contribution in [-0.4, -0.2) is 26.3 Å². The Labute approximate surface area is 203 Å². The Morgan fingerprint density at radius 2 is 1.57 bits per heavy atom. The molecule has 0 aromatic heterocycles. The van der Waals surface area contributed by atoms with E-state index in [1.54, 1.807) is 48.5 Å². The van der Waals surface area contributed by atoms with Crippen molar-refractivity contribution in [2.75, 3.05) is 4.90 Å². The zero-order valence-electron chi connectivity index (χ0n) is 19.0. The standard InChI is InChI=1S/C26H22N2O6S/c1-3-18-10-12-20(13-11-18)28-25(30)22(24(29)27-26(28)31)16-19-6-4-5-7-23(19)34-35(32,33)21-14-8-17(2)9-15-21/h4-16H,3H2,1-2H3,(H,27,29,31)/b22-16+. The molecule has 3 aromatic rings. The topological polar surface area (TPSA) is 110 Å². The van der Waals surface area contributed by atoms with Crippen LogP contribution >= 0.6 is 0 Å². The van der Waals surface area contributed by atoms with Gasteiger partial charge in [-0.1, -0.05) is 55.0 Å². The molecule has 9 heteroatoms. The van der Waals surface area contributed by atoms with Gasteiger partial charge in [-0.3, -0.25) is 14.9 Å². The number of nitrogens with zero attached hydrogens (tertiary/aromatic N) is 1. The van der Waals surface area contributed by atoms with E-state index in [2.05, 4.69) is 5.32 Å². The minimum atomic E-state index is -4.17. The largest absolute Gasteiger partial charge is 0.378 e. The number of para-hydroxylation sites is 1. The fourth-order valence-electron chi connectivity index (χ4n) is 3.48. The second-order valence-electron chi connectivity index (χ2n) is 7.87. The van der Waals surface area contributed by atoms with Crippen molar-refractivity contribution in [2.24, 2.45) is 0 Å². The molecule has 1 heterocycles. The molecule has 3 aromatic carbocycles. The van der Waals surface area contributed by atoms with Crippen molar-refractivity contribution < 1.29 is 27.0 Å². The first-order valence-electron chi connectivity index (χ1n) is 10.8. The summed E-state index contributed by atoms with van der Waals surface area (Å²) in [6.07, 6.45) is 1.99. The number of nitrogens with one attached hydrogen (secondary N) is 1. The molecule has 35 heavy (non-hydrogen) atoms. The number of urea groups is 1. The monoisotopic (exact) mass is 490 g/mol. The van der Waals surface area contributed by atoms with Crippen LogP contribution in [0.25, 0.3) is 6.08 Å². The summed E-state index contributed by atoms with van der Waals surface area (Å²) in [6.45, 7) is 3.81. The molecule has 0 saturated carbocycles. The summed E-state index contributed by atoms with van der Waals surface area (Å²) in [6, 6.07) is 18.2. The molecule has 1 N–H and O–H groups in total. The lowest BCUT2D eigenvalue weighted by molar-refractivity contribution is -0.122. The van der Waals surface area contributed by atoms with Crippen LogP contribution in [0.5, 0.6) is 5.75 Å². The maximum Gasteiger partial charge on any atom is 0.339 e. The van der Waals surface area contributed by atoms with Gasteiger partial charge in [0.15, 0.2) is 0 Å². The second kappa shape index (κ2) is 9.55. The molecule has 0 radical (unpaired) electrons. The van der Waals surface area contributed by atoms with Crippen molar-refractivity contribution in [3.05, 3.63) is 95.1 Å². The third-order valence-electron chi connectivity index (χ3n) is 5.43. The molecule has 8 nitrogen and oxygen atoms in total. The maximum absolute atomic E-state index is 13.2. The number of imide groups is 2. The summed E-state index contributed by atoms with van der Waals surface area (Å²) >= 11 is 0. The Morgan fingerprint density at radius 3 is 2.23 bits per heavy atom. The number of carbonyl (C=O) groups is 3. The Balaban J connectivity index is 1.69. The zero-order chi connectivity index (χ0) is 25.2. The molecule has 178 valence electrons. The SMILES string of the molecule is CCc1ccc(N2C(=O)NC(=O)/C(=C\c3ccccc3OS(=O)(=O)c3ccc(C)cc3)C2=O)cc1. The second-order valence-corrected chi connectivity index (χ2v) is 9.41. The van der Waals surface area contributed by atoms with E-state index in [1.165, 1.54) is 30.3 Å². The average molecular weight is 491 g/mol. The van der Waals surface area contributed by atoms with Gasteiger partial charge in [0.1, 0.15) is 16.2 Å². The van der Waals surface area contributed by atoms with E-state index in [0.29, 0.717) is 5.69 Å². The molecule has 1 fully saturated rings. The number of anilines is 1. The van der Waals surface area contributed by atoms with Crippen molar-refractivity contribution in [1.82, 2.24) is 5.32 Å². The molecule has 0 unspecified atom stereocenters. The summed E-state index contributed by atoms with van der Waals surface area (Å²) < 4.78 is 30.9. The number of carbonyl (C=O) groups excluding carboxylic acids is 3. The average Bonchev–Trinajstić information content (AvgIpc) is 2.83. The lowest BCUT2D eigenvalue weighted by atomic mass is 10.1. The summed E-state index contributed by atoms with van der Waals surface area (Å²) in [7, 11) is -4.17. The first-order chi connectivity index (χ1) is 16.7. The van der Waals surface area contributed by atoms with Crippen LogP contribution in [0.2, 0.25) is 0 Å². The van der Waals surface area contributed by atoms with Gasteiger partial charge in [0.25, 0.3) is 11.8 Å². The van der Waals surface area contributed by atoms with E-state index in [4.69, 9.17) is 4.18 Å². The molecule has 1 saturated heterocycles. The van der Waals surface area contributed by atoms with Gasteiger partial charge >= 0.3 is 16.1 Å². The quantitative estimate of drug-likeness (QED) is 0.318. The third-order valence-corrected chi connectivity index (χ3v) is 6.68. The van der Waals surface area contributed by atoms with Gasteiger partial charge in [-0.2, -0.15) is 8.42 Å². The molecular weight excluding hydrogens is 468 g/mol. The van der Waals surface area contributed by atoms with Gasteiger partial charge < -0.3 is 4.18 Å². The number of barbiturate groups is 1. The van der Waals surface area contributed by atoms with E-state index in [1.807, 2.05) is 13.8 Å². The van der Waals surface area contributed by atoms with Gasteiger partial charge in [0.05, 0.1) is 5.69 Å². The van der Waals surface area contributed by atoms with Gasteiger partial charge in [-0.25, -0.2) is 9.69 Å². The fraction of sp³-hybridized carbons (Fsp3) is 0.115. The van der Waals surface area contributed by atoms with Crippen molar-refractivity contribution in [3.8, 4) is 5.75 Å². The molecule has 0 atom stereocenters. The minimum absolute atomic E-state index is 0.0376. The Hall–Kier alpha value is -4.24. The van der Waals surface area contributed by atoms with Crippen LogP contribution in [0.3, 0.4) is 0 Å². The van der Waals surface area contributed by atoms with E-state index in [0.717, 1.165) is 22.4 Å². The molecule has 1 aliphatic rings. The Morgan fingerprint density at radius 1 is 0.914 bits per heavy atom. The fourth-order valence-corrected chi connectivity index (χ4v) is 4.43. The molecule has 0 bridgehead atoms. The predicted molar refractivity (Wildman–Crippen MR) is 130 cm³/mol. The number of rotatable bonds is 6. The van der Waals surface area contributed by atoms with Gasteiger partial charge in [-0.05, 0) is 55.3 Å². The number of amides is 4. The predicted octanol–water partition coefficient (Wildman–Crippen LogP) is 3.99. The summed E-state index contributed by atoms with van der Waals surface area (Å²) in [5.74, 6) is -1.80. The van der Waals surface area contributed by atoms with Crippen molar-refractivity contribution in [2.45, 2.75) is 25.2 Å². The zero-order valence-corrected chi connectivity index (χ0v) is 19.8. The number of aryl methyl sites for hydroxylation is 2. The van der Waals surface area contributed by atoms with Crippen molar-refractivity contribution in [3.63, 3.8) is 0 Å². The highest BCUT2D eigenvalue weighted by Gasteiger charge is 2.37. The molecular formula is C26H22N2O6S. The Kier molecular flexibility index (Phi) is 6.52. The van der Waals surface area contributed by atoms with Crippen LogP contribution in [0, 0.1) is 6.92 Å². The van der Waals surface area contributed by atoms with Crippen LogP contribution < -0.4 is 14.4 Å². The highest BCUT2D eigenvalue weighted by atomic mass is 32.2. The lowest BCUT2D eigenvalue weighted by Gasteiger charge is -2.26. The van der Waals surface area contributed by atoms with Crippen LogP contribution in [0.15, 0.2) is 83.3 Å². The lowest BCUT2D eigenvalue weighted by Crippen LogP contribution is -2.54. The molecule has 4 amide bonds. The summed E-state index contributed by atoms with van der Waals surface area (Å²) in [4.78, 5) is 39.0. The Bertz CT molecular complexity index is 1440. The van der Waals surface area contributed by atoms with Crippen LogP contribution in [-0.2, 0) is 26.1 Å². The highest BCUT2D eigenvalue weighted by Crippen LogP contribution is 2.28. The first kappa shape index (κ1) is 23.9. The van der Waals surface area contributed by atoms with Crippen molar-refractivity contribution >= 4 is 39.7 Å². The number of benzene rings is 3. The van der Waals surface area contributed by atoms with Crippen LogP contribution in [0.4, 0.5) is 10.5 Å². The van der Waals surface area contributed by atoms with Gasteiger partial charge in [0.2, 0.25) is 0 Å². The molecule has 0 spiro atoms. The van der Waals surface area contributed by atoms with E-state index in [-0.39, 0.29) is 21.8 Å². The third kappa shape index (κ3) is 4.99.